The molecule has 0 aromatic rings. The molecule has 0 aliphatic carbocycles. The van der Waals surface area contributed by atoms with E-state index in [2.05, 4.69) is 30.6 Å². The summed E-state index contributed by atoms with van der Waals surface area (Å²) in [5.74, 6) is 11.5. The highest BCUT2D eigenvalue weighted by Gasteiger charge is 1.90. The maximum Gasteiger partial charge on any atom is 0.104 e. The highest BCUT2D eigenvalue weighted by molar-refractivity contribution is 5.11. The van der Waals surface area contributed by atoms with Crippen LogP contribution < -0.4 is 0 Å². The van der Waals surface area contributed by atoms with Crippen molar-refractivity contribution in [3.63, 3.8) is 0 Å². The van der Waals surface area contributed by atoms with Crippen LogP contribution in [-0.2, 0) is 0 Å². The van der Waals surface area contributed by atoms with Gasteiger partial charge in [-0.2, -0.15) is 0 Å². The fraction of sp³-hybridized carbons (Fsp3) is 0.765. The Bertz CT molecular complexity index is 271. The molecule has 18 heavy (non-hydrogen) atoms. The van der Waals surface area contributed by atoms with Crippen LogP contribution in [0, 0.1) is 23.7 Å². The third-order valence-corrected chi connectivity index (χ3v) is 2.91. The molecular formula is C17H28O. The SMILES string of the molecule is CCCCCCCCCCCC#CCC#CCO. The molecule has 0 rings (SSSR count). The molecule has 0 fully saturated rings. The van der Waals surface area contributed by atoms with E-state index in [9.17, 15) is 0 Å². The Morgan fingerprint density at radius 2 is 1.22 bits per heavy atom. The third kappa shape index (κ3) is 15.1. The number of hydrogen-bond acceptors (Lipinski definition) is 1. The molecule has 0 unspecified atom stereocenters. The van der Waals surface area contributed by atoms with Gasteiger partial charge in [-0.15, -0.1) is 5.92 Å². The lowest BCUT2D eigenvalue weighted by atomic mass is 10.1. The first-order valence-electron chi connectivity index (χ1n) is 7.44. The van der Waals surface area contributed by atoms with Gasteiger partial charge in [0.1, 0.15) is 6.61 Å². The number of aliphatic hydroxyl groups is 1. The zero-order valence-corrected chi connectivity index (χ0v) is 11.9. The lowest BCUT2D eigenvalue weighted by Crippen LogP contribution is -1.80. The summed E-state index contributed by atoms with van der Waals surface area (Å²) in [7, 11) is 0. The third-order valence-electron chi connectivity index (χ3n) is 2.91. The van der Waals surface area contributed by atoms with Crippen molar-refractivity contribution in [1.29, 1.82) is 0 Å². The summed E-state index contributed by atoms with van der Waals surface area (Å²) < 4.78 is 0. The van der Waals surface area contributed by atoms with E-state index < -0.39 is 0 Å². The largest absolute Gasteiger partial charge is 0.384 e. The van der Waals surface area contributed by atoms with Crippen LogP contribution in [0.4, 0.5) is 0 Å². The van der Waals surface area contributed by atoms with Crippen molar-refractivity contribution in [1.82, 2.24) is 0 Å². The predicted molar refractivity (Wildman–Crippen MR) is 79.1 cm³/mol. The monoisotopic (exact) mass is 248 g/mol. The van der Waals surface area contributed by atoms with E-state index in [1.54, 1.807) is 0 Å². The summed E-state index contributed by atoms with van der Waals surface area (Å²) in [6.07, 6.45) is 13.8. The zero-order valence-electron chi connectivity index (χ0n) is 11.9. The van der Waals surface area contributed by atoms with Gasteiger partial charge < -0.3 is 5.11 Å². The molecule has 1 N–H and O–H groups in total. The Morgan fingerprint density at radius 3 is 1.83 bits per heavy atom. The first-order chi connectivity index (χ1) is 8.91. The van der Waals surface area contributed by atoms with E-state index in [1.807, 2.05) is 0 Å². The van der Waals surface area contributed by atoms with Gasteiger partial charge in [0.2, 0.25) is 0 Å². The summed E-state index contributed by atoms with van der Waals surface area (Å²) in [5, 5.41) is 8.44. The minimum Gasteiger partial charge on any atom is -0.384 e. The molecule has 0 radical (unpaired) electrons. The number of aliphatic hydroxyl groups excluding tert-OH is 1. The summed E-state index contributed by atoms with van der Waals surface area (Å²) in [5.41, 5.74) is 0. The average Bonchev–Trinajstić information content (AvgIpc) is 2.39. The minimum atomic E-state index is -0.0556. The van der Waals surface area contributed by atoms with Crippen LogP contribution >= 0.6 is 0 Å². The van der Waals surface area contributed by atoms with Gasteiger partial charge in [0.05, 0.1) is 6.42 Å². The first-order valence-corrected chi connectivity index (χ1v) is 7.44. The number of unbranched alkanes of at least 4 members (excludes halogenated alkanes) is 9. The zero-order chi connectivity index (χ0) is 13.3. The Kier molecular flexibility index (Phi) is 15.3. The van der Waals surface area contributed by atoms with Gasteiger partial charge in [-0.1, -0.05) is 76.1 Å². The van der Waals surface area contributed by atoms with Gasteiger partial charge in [0.15, 0.2) is 0 Å². The van der Waals surface area contributed by atoms with Crippen molar-refractivity contribution < 1.29 is 5.11 Å². The Balaban J connectivity index is 3.11. The predicted octanol–water partition coefficient (Wildman–Crippen LogP) is 4.30. The van der Waals surface area contributed by atoms with Crippen LogP contribution in [0.15, 0.2) is 0 Å². The normalized spacial score (nSPS) is 9.22. The second-order valence-corrected chi connectivity index (χ2v) is 4.62. The van der Waals surface area contributed by atoms with Crippen LogP contribution in [-0.4, -0.2) is 11.7 Å². The minimum absolute atomic E-state index is 0.0556. The van der Waals surface area contributed by atoms with Crippen molar-refractivity contribution in [2.45, 2.75) is 77.6 Å². The fourth-order valence-corrected chi connectivity index (χ4v) is 1.84. The summed E-state index contributed by atoms with van der Waals surface area (Å²) in [6, 6.07) is 0. The van der Waals surface area contributed by atoms with Crippen molar-refractivity contribution in [3.05, 3.63) is 0 Å². The fourth-order valence-electron chi connectivity index (χ4n) is 1.84. The molecule has 0 saturated carbocycles. The molecule has 1 nitrogen and oxygen atoms in total. The van der Waals surface area contributed by atoms with Gasteiger partial charge in [0, 0.05) is 6.42 Å². The average molecular weight is 248 g/mol. The van der Waals surface area contributed by atoms with Gasteiger partial charge in [0.25, 0.3) is 0 Å². The molecule has 1 heteroatoms. The van der Waals surface area contributed by atoms with Crippen molar-refractivity contribution >= 4 is 0 Å². The smallest absolute Gasteiger partial charge is 0.104 e. The van der Waals surface area contributed by atoms with Crippen LogP contribution in [0.25, 0.3) is 0 Å². The Morgan fingerprint density at radius 1 is 0.667 bits per heavy atom. The van der Waals surface area contributed by atoms with Gasteiger partial charge in [-0.25, -0.2) is 0 Å². The van der Waals surface area contributed by atoms with Crippen molar-refractivity contribution in [3.8, 4) is 23.7 Å². The van der Waals surface area contributed by atoms with E-state index >= 15 is 0 Å². The molecule has 0 aromatic carbocycles. The van der Waals surface area contributed by atoms with Gasteiger partial charge in [-0.3, -0.25) is 0 Å². The topological polar surface area (TPSA) is 20.2 Å². The molecule has 0 bridgehead atoms. The highest BCUT2D eigenvalue weighted by Crippen LogP contribution is 2.10. The molecular weight excluding hydrogens is 220 g/mol. The maximum atomic E-state index is 8.44. The molecule has 0 aliphatic rings. The molecule has 0 atom stereocenters. The van der Waals surface area contributed by atoms with Gasteiger partial charge in [-0.05, 0) is 6.42 Å². The van der Waals surface area contributed by atoms with Crippen molar-refractivity contribution in [2.75, 3.05) is 6.61 Å². The van der Waals surface area contributed by atoms with E-state index in [0.29, 0.717) is 6.42 Å². The van der Waals surface area contributed by atoms with E-state index in [0.717, 1.165) is 6.42 Å². The molecule has 0 aliphatic heterocycles. The standard InChI is InChI=1S/C17H28O/c1-2-3-4-5-6-7-8-9-10-11-12-13-14-15-16-17-18/h18H,2-11,14,17H2,1H3. The summed E-state index contributed by atoms with van der Waals surface area (Å²) in [6.45, 7) is 2.20. The van der Waals surface area contributed by atoms with E-state index in [1.165, 1.54) is 57.8 Å². The molecule has 0 spiro atoms. The molecule has 0 aromatic heterocycles. The van der Waals surface area contributed by atoms with Crippen LogP contribution in [0.2, 0.25) is 0 Å². The number of hydrogen-bond donors (Lipinski definition) is 1. The maximum absolute atomic E-state index is 8.44. The lowest BCUT2D eigenvalue weighted by molar-refractivity contribution is 0.350. The van der Waals surface area contributed by atoms with Crippen molar-refractivity contribution in [2.24, 2.45) is 0 Å². The summed E-state index contributed by atoms with van der Waals surface area (Å²) >= 11 is 0. The highest BCUT2D eigenvalue weighted by atomic mass is 16.2. The van der Waals surface area contributed by atoms with E-state index in [4.69, 9.17) is 5.11 Å². The van der Waals surface area contributed by atoms with Crippen LogP contribution in [0.5, 0.6) is 0 Å². The molecule has 102 valence electrons. The quantitative estimate of drug-likeness (QED) is 0.476. The summed E-state index contributed by atoms with van der Waals surface area (Å²) in [4.78, 5) is 0. The lowest BCUT2D eigenvalue weighted by Gasteiger charge is -1.99. The molecule has 0 heterocycles. The second kappa shape index (κ2) is 16.1. The molecule has 0 saturated heterocycles. The Hall–Kier alpha value is -0.920. The Labute approximate surface area is 113 Å². The number of rotatable bonds is 9. The van der Waals surface area contributed by atoms with Crippen LogP contribution in [0.1, 0.15) is 77.6 Å². The molecule has 0 amide bonds. The van der Waals surface area contributed by atoms with E-state index in [-0.39, 0.29) is 6.61 Å². The first kappa shape index (κ1) is 17.1. The second-order valence-electron chi connectivity index (χ2n) is 4.62. The van der Waals surface area contributed by atoms with Crippen LogP contribution in [0.3, 0.4) is 0 Å². The van der Waals surface area contributed by atoms with Gasteiger partial charge >= 0.3 is 0 Å².